The fraction of sp³-hybridized carbons (Fsp3) is 0.900. The van der Waals surface area contributed by atoms with E-state index in [1.54, 1.807) is 6.92 Å². The highest BCUT2D eigenvalue weighted by Crippen LogP contribution is 2.48. The van der Waals surface area contributed by atoms with Crippen molar-refractivity contribution < 1.29 is 4.79 Å². The molecule has 2 bridgehead atoms. The van der Waals surface area contributed by atoms with Gasteiger partial charge in [-0.15, -0.1) is 0 Å². The van der Waals surface area contributed by atoms with Gasteiger partial charge in [0.25, 0.3) is 0 Å². The van der Waals surface area contributed by atoms with Crippen LogP contribution >= 0.6 is 0 Å². The molecule has 2 heteroatoms. The van der Waals surface area contributed by atoms with Crippen LogP contribution in [-0.4, -0.2) is 11.9 Å². The van der Waals surface area contributed by atoms with E-state index in [0.29, 0.717) is 6.04 Å². The maximum atomic E-state index is 10.9. The van der Waals surface area contributed by atoms with Crippen LogP contribution in [0.5, 0.6) is 0 Å². The molecule has 68 valence electrons. The summed E-state index contributed by atoms with van der Waals surface area (Å²) in [6.45, 7) is 3.93. The van der Waals surface area contributed by atoms with Crippen LogP contribution in [0, 0.1) is 17.8 Å². The Kier molecular flexibility index (Phi) is 1.85. The Morgan fingerprint density at radius 1 is 1.25 bits per heavy atom. The Labute approximate surface area is 73.7 Å². The fourth-order valence-electron chi connectivity index (χ4n) is 2.73. The zero-order valence-electron chi connectivity index (χ0n) is 7.84. The Hall–Kier alpha value is -0.530. The normalized spacial score (nSPS) is 44.8. The second kappa shape index (κ2) is 2.75. The Morgan fingerprint density at radius 3 is 2.42 bits per heavy atom. The minimum Gasteiger partial charge on any atom is -0.353 e. The number of carbonyl (C=O) groups excluding carboxylic acids is 1. The van der Waals surface area contributed by atoms with E-state index < -0.39 is 0 Å². The third-order valence-corrected chi connectivity index (χ3v) is 3.60. The lowest BCUT2D eigenvalue weighted by Crippen LogP contribution is -2.52. The Balaban J connectivity index is 1.93. The summed E-state index contributed by atoms with van der Waals surface area (Å²) in [6.07, 6.45) is 3.91. The first-order chi connectivity index (χ1) is 5.66. The molecule has 0 radical (unpaired) electrons. The molecule has 1 amide bonds. The molecule has 0 heterocycles. The fourth-order valence-corrected chi connectivity index (χ4v) is 2.73. The van der Waals surface area contributed by atoms with Gasteiger partial charge in [-0.05, 0) is 37.0 Å². The average molecular weight is 167 g/mol. The molecular weight excluding hydrogens is 150 g/mol. The van der Waals surface area contributed by atoms with E-state index >= 15 is 0 Å². The molecule has 3 aliphatic carbocycles. The van der Waals surface area contributed by atoms with E-state index in [4.69, 9.17) is 0 Å². The SMILES string of the molecule is CC(=O)N[C@@H]1C[C@H](C)C2CC1C2. The molecule has 2 nitrogen and oxygen atoms in total. The third kappa shape index (κ3) is 1.23. The molecule has 0 aromatic rings. The molecule has 3 aliphatic rings. The highest BCUT2D eigenvalue weighted by Gasteiger charge is 2.44. The first-order valence-electron chi connectivity index (χ1n) is 4.94. The number of hydrogen-bond donors (Lipinski definition) is 1. The zero-order chi connectivity index (χ0) is 8.72. The molecule has 0 aromatic heterocycles. The summed E-state index contributed by atoms with van der Waals surface area (Å²) in [5.74, 6) is 2.74. The standard InChI is InChI=1S/C10H17NO/c1-6-3-10(11-7(2)12)9-4-8(6)5-9/h6,8-10H,3-5H2,1-2H3,(H,11,12)/t6-,8?,9?,10+/m0/s1. The maximum Gasteiger partial charge on any atom is 0.217 e. The summed E-state index contributed by atoms with van der Waals surface area (Å²) < 4.78 is 0. The highest BCUT2D eigenvalue weighted by molar-refractivity contribution is 5.73. The molecule has 1 N–H and O–H groups in total. The van der Waals surface area contributed by atoms with Crippen molar-refractivity contribution in [2.75, 3.05) is 0 Å². The van der Waals surface area contributed by atoms with Gasteiger partial charge in [-0.25, -0.2) is 0 Å². The van der Waals surface area contributed by atoms with Gasteiger partial charge in [0.15, 0.2) is 0 Å². The van der Waals surface area contributed by atoms with Crippen molar-refractivity contribution in [3.63, 3.8) is 0 Å². The number of amides is 1. The number of carbonyl (C=O) groups is 1. The van der Waals surface area contributed by atoms with Crippen molar-refractivity contribution in [3.8, 4) is 0 Å². The van der Waals surface area contributed by atoms with Crippen LogP contribution in [0.3, 0.4) is 0 Å². The van der Waals surface area contributed by atoms with Crippen molar-refractivity contribution in [1.29, 1.82) is 0 Å². The monoisotopic (exact) mass is 167 g/mol. The summed E-state index contributed by atoms with van der Waals surface area (Å²) >= 11 is 0. The minimum atomic E-state index is 0.137. The Morgan fingerprint density at radius 2 is 1.92 bits per heavy atom. The van der Waals surface area contributed by atoms with Gasteiger partial charge in [-0.1, -0.05) is 6.92 Å². The molecule has 0 saturated heterocycles. The third-order valence-electron chi connectivity index (χ3n) is 3.60. The van der Waals surface area contributed by atoms with Crippen molar-refractivity contribution >= 4 is 5.91 Å². The van der Waals surface area contributed by atoms with Crippen LogP contribution in [0.1, 0.15) is 33.1 Å². The largest absolute Gasteiger partial charge is 0.353 e. The lowest BCUT2D eigenvalue weighted by molar-refractivity contribution is -0.121. The smallest absolute Gasteiger partial charge is 0.217 e. The van der Waals surface area contributed by atoms with Crippen LogP contribution in [0.15, 0.2) is 0 Å². The predicted octanol–water partition coefficient (Wildman–Crippen LogP) is 1.56. The van der Waals surface area contributed by atoms with E-state index in [-0.39, 0.29) is 5.91 Å². The van der Waals surface area contributed by atoms with Gasteiger partial charge in [0.1, 0.15) is 0 Å². The lowest BCUT2D eigenvalue weighted by Gasteiger charge is -2.50. The number of fused-ring (bicyclic) bond motifs is 2. The van der Waals surface area contributed by atoms with E-state index in [1.807, 2.05) is 0 Å². The molecule has 0 aromatic carbocycles. The second-order valence-corrected chi connectivity index (χ2v) is 4.51. The van der Waals surface area contributed by atoms with Gasteiger partial charge in [-0.3, -0.25) is 4.79 Å². The summed E-state index contributed by atoms with van der Waals surface area (Å²) in [6, 6.07) is 0.488. The first kappa shape index (κ1) is 8.09. The average Bonchev–Trinajstić information content (AvgIpc) is 1.79. The van der Waals surface area contributed by atoms with Crippen LogP contribution in [0.2, 0.25) is 0 Å². The van der Waals surface area contributed by atoms with Crippen molar-refractivity contribution in [2.24, 2.45) is 17.8 Å². The van der Waals surface area contributed by atoms with E-state index in [1.165, 1.54) is 19.3 Å². The Bertz CT molecular complexity index is 196. The van der Waals surface area contributed by atoms with Crippen molar-refractivity contribution in [1.82, 2.24) is 5.32 Å². The van der Waals surface area contributed by atoms with Gasteiger partial charge >= 0.3 is 0 Å². The summed E-state index contributed by atoms with van der Waals surface area (Å²) in [5.41, 5.74) is 0. The topological polar surface area (TPSA) is 29.1 Å². The molecule has 12 heavy (non-hydrogen) atoms. The lowest BCUT2D eigenvalue weighted by atomic mass is 9.58. The van der Waals surface area contributed by atoms with Crippen LogP contribution in [-0.2, 0) is 4.79 Å². The predicted molar refractivity (Wildman–Crippen MR) is 47.6 cm³/mol. The molecule has 2 atom stereocenters. The zero-order valence-corrected chi connectivity index (χ0v) is 7.84. The molecule has 3 fully saturated rings. The van der Waals surface area contributed by atoms with Gasteiger partial charge in [-0.2, -0.15) is 0 Å². The maximum absolute atomic E-state index is 10.9. The second-order valence-electron chi connectivity index (χ2n) is 4.51. The van der Waals surface area contributed by atoms with E-state index in [2.05, 4.69) is 12.2 Å². The summed E-state index contributed by atoms with van der Waals surface area (Å²) in [4.78, 5) is 10.9. The highest BCUT2D eigenvalue weighted by atomic mass is 16.1. The molecule has 3 saturated carbocycles. The molecule has 0 spiro atoms. The molecular formula is C10H17NO. The number of rotatable bonds is 1. The van der Waals surface area contributed by atoms with Crippen LogP contribution in [0.4, 0.5) is 0 Å². The number of nitrogens with one attached hydrogen (secondary N) is 1. The van der Waals surface area contributed by atoms with Crippen LogP contribution < -0.4 is 5.32 Å². The first-order valence-corrected chi connectivity index (χ1v) is 4.94. The van der Waals surface area contributed by atoms with Crippen LogP contribution in [0.25, 0.3) is 0 Å². The quantitative estimate of drug-likeness (QED) is 0.631. The van der Waals surface area contributed by atoms with Gasteiger partial charge < -0.3 is 5.32 Å². The van der Waals surface area contributed by atoms with Crippen molar-refractivity contribution in [3.05, 3.63) is 0 Å². The van der Waals surface area contributed by atoms with Crippen molar-refractivity contribution in [2.45, 2.75) is 39.2 Å². The molecule has 0 unspecified atom stereocenters. The number of hydrogen-bond acceptors (Lipinski definition) is 1. The van der Waals surface area contributed by atoms with E-state index in [0.717, 1.165) is 17.8 Å². The van der Waals surface area contributed by atoms with E-state index in [9.17, 15) is 4.79 Å². The van der Waals surface area contributed by atoms with Gasteiger partial charge in [0.2, 0.25) is 5.91 Å². The minimum absolute atomic E-state index is 0.137. The summed E-state index contributed by atoms with van der Waals surface area (Å²) in [7, 11) is 0. The molecule has 0 aliphatic heterocycles. The summed E-state index contributed by atoms with van der Waals surface area (Å²) in [5, 5.41) is 3.06. The van der Waals surface area contributed by atoms with Gasteiger partial charge in [0, 0.05) is 13.0 Å². The van der Waals surface area contributed by atoms with Gasteiger partial charge in [0.05, 0.1) is 0 Å². The molecule has 3 rings (SSSR count).